The highest BCUT2D eigenvalue weighted by Crippen LogP contribution is 2.10. The average Bonchev–Trinajstić information content (AvgIpc) is 2.24. The van der Waals surface area contributed by atoms with Crippen LogP contribution in [0.25, 0.3) is 0 Å². The Morgan fingerprint density at radius 2 is 1.68 bits per heavy atom. The van der Waals surface area contributed by atoms with Crippen molar-refractivity contribution in [2.75, 3.05) is 39.3 Å². The SMILES string of the molecule is CC(C)(C)NC(=O)CN1CCN(C(=O)C2CCN2)CC1.Cl.Cl. The number of nitrogens with zero attached hydrogens (tertiary/aromatic N) is 2. The molecule has 2 N–H and O–H groups in total. The van der Waals surface area contributed by atoms with Gasteiger partial charge in [0.2, 0.25) is 11.8 Å². The third-order valence-electron chi connectivity index (χ3n) is 3.69. The van der Waals surface area contributed by atoms with Crippen molar-refractivity contribution in [1.82, 2.24) is 20.4 Å². The topological polar surface area (TPSA) is 64.7 Å². The van der Waals surface area contributed by atoms with Gasteiger partial charge in [-0.05, 0) is 33.7 Å². The molecule has 0 aromatic rings. The summed E-state index contributed by atoms with van der Waals surface area (Å²) < 4.78 is 0. The summed E-state index contributed by atoms with van der Waals surface area (Å²) in [6.45, 7) is 10.3. The minimum atomic E-state index is -0.190. The van der Waals surface area contributed by atoms with E-state index in [0.29, 0.717) is 6.54 Å². The predicted molar refractivity (Wildman–Crippen MR) is 91.8 cm³/mol. The fourth-order valence-electron chi connectivity index (χ4n) is 2.51. The van der Waals surface area contributed by atoms with E-state index in [2.05, 4.69) is 15.5 Å². The molecule has 1 unspecified atom stereocenters. The zero-order valence-electron chi connectivity index (χ0n) is 13.6. The van der Waals surface area contributed by atoms with Crippen LogP contribution in [0.1, 0.15) is 27.2 Å². The molecular formula is C14H28Cl2N4O2. The number of carbonyl (C=O) groups excluding carboxylic acids is 2. The number of carbonyl (C=O) groups is 2. The van der Waals surface area contributed by atoms with Crippen molar-refractivity contribution in [3.8, 4) is 0 Å². The average molecular weight is 355 g/mol. The van der Waals surface area contributed by atoms with E-state index >= 15 is 0 Å². The Hall–Kier alpha value is -0.560. The summed E-state index contributed by atoms with van der Waals surface area (Å²) in [5.74, 6) is 0.271. The zero-order chi connectivity index (χ0) is 14.8. The molecule has 22 heavy (non-hydrogen) atoms. The van der Waals surface area contributed by atoms with Gasteiger partial charge >= 0.3 is 0 Å². The maximum Gasteiger partial charge on any atom is 0.239 e. The Labute approximate surface area is 145 Å². The van der Waals surface area contributed by atoms with Crippen LogP contribution in [0.4, 0.5) is 0 Å². The van der Waals surface area contributed by atoms with E-state index in [1.165, 1.54) is 0 Å². The molecule has 0 aliphatic carbocycles. The van der Waals surface area contributed by atoms with Crippen LogP contribution in [0.2, 0.25) is 0 Å². The van der Waals surface area contributed by atoms with Crippen LogP contribution in [0, 0.1) is 0 Å². The van der Waals surface area contributed by atoms with Crippen LogP contribution in [0.3, 0.4) is 0 Å². The van der Waals surface area contributed by atoms with Gasteiger partial charge in [-0.2, -0.15) is 0 Å². The number of piperazine rings is 1. The van der Waals surface area contributed by atoms with E-state index in [0.717, 1.165) is 39.1 Å². The Bertz CT molecular complexity index is 376. The number of amides is 2. The van der Waals surface area contributed by atoms with Crippen LogP contribution in [0.5, 0.6) is 0 Å². The molecule has 0 spiro atoms. The number of halogens is 2. The molecule has 0 aromatic carbocycles. The monoisotopic (exact) mass is 354 g/mol. The van der Waals surface area contributed by atoms with Crippen molar-refractivity contribution in [2.24, 2.45) is 0 Å². The van der Waals surface area contributed by atoms with E-state index in [4.69, 9.17) is 0 Å². The third-order valence-corrected chi connectivity index (χ3v) is 3.69. The van der Waals surface area contributed by atoms with Gasteiger partial charge in [0.1, 0.15) is 0 Å². The van der Waals surface area contributed by atoms with Crippen LogP contribution in [0.15, 0.2) is 0 Å². The van der Waals surface area contributed by atoms with E-state index in [1.807, 2.05) is 25.7 Å². The maximum atomic E-state index is 12.1. The molecule has 1 atom stereocenters. The van der Waals surface area contributed by atoms with Crippen molar-refractivity contribution in [3.63, 3.8) is 0 Å². The molecule has 2 aliphatic heterocycles. The second-order valence-electron chi connectivity index (χ2n) is 6.69. The predicted octanol–water partition coefficient (Wildman–Crippen LogP) is 0.251. The van der Waals surface area contributed by atoms with Crippen LogP contribution < -0.4 is 10.6 Å². The Morgan fingerprint density at radius 3 is 2.09 bits per heavy atom. The fourth-order valence-corrected chi connectivity index (χ4v) is 2.51. The molecule has 2 heterocycles. The van der Waals surface area contributed by atoms with Gasteiger partial charge in [0.05, 0.1) is 12.6 Å². The number of nitrogens with one attached hydrogen (secondary N) is 2. The molecule has 0 radical (unpaired) electrons. The van der Waals surface area contributed by atoms with E-state index in [9.17, 15) is 9.59 Å². The zero-order valence-corrected chi connectivity index (χ0v) is 15.2. The van der Waals surface area contributed by atoms with E-state index in [-0.39, 0.29) is 48.2 Å². The highest BCUT2D eigenvalue weighted by Gasteiger charge is 2.31. The van der Waals surface area contributed by atoms with Crippen molar-refractivity contribution in [2.45, 2.75) is 38.8 Å². The lowest BCUT2D eigenvalue weighted by molar-refractivity contribution is -0.137. The van der Waals surface area contributed by atoms with Crippen molar-refractivity contribution >= 4 is 36.6 Å². The Balaban J connectivity index is 0.00000220. The molecule has 2 aliphatic rings. The molecule has 8 heteroatoms. The fraction of sp³-hybridized carbons (Fsp3) is 0.857. The van der Waals surface area contributed by atoms with Gasteiger partial charge in [-0.3, -0.25) is 14.5 Å². The quantitative estimate of drug-likeness (QED) is 0.762. The summed E-state index contributed by atoms with van der Waals surface area (Å²) in [6, 6.07) is 0.0331. The maximum absolute atomic E-state index is 12.1. The molecule has 0 bridgehead atoms. The first-order valence-corrected chi connectivity index (χ1v) is 7.41. The van der Waals surface area contributed by atoms with Gasteiger partial charge in [-0.1, -0.05) is 0 Å². The molecular weight excluding hydrogens is 327 g/mol. The first-order valence-electron chi connectivity index (χ1n) is 7.41. The lowest BCUT2D eigenvalue weighted by Gasteiger charge is -2.38. The molecule has 2 saturated heterocycles. The smallest absolute Gasteiger partial charge is 0.239 e. The number of hydrogen-bond donors (Lipinski definition) is 2. The standard InChI is InChI=1S/C14H26N4O2.2ClH/c1-14(2,3)16-12(19)10-17-6-8-18(9-7-17)13(20)11-4-5-15-11;;/h11,15H,4-10H2,1-3H3,(H,16,19);2*1H. The molecule has 2 rings (SSSR count). The third kappa shape index (κ3) is 6.28. The molecule has 2 fully saturated rings. The van der Waals surface area contributed by atoms with E-state index < -0.39 is 0 Å². The summed E-state index contributed by atoms with van der Waals surface area (Å²) in [6.07, 6.45) is 0.951. The first-order chi connectivity index (χ1) is 9.35. The second kappa shape index (κ2) is 8.91. The van der Waals surface area contributed by atoms with Gasteiger partial charge < -0.3 is 15.5 Å². The normalized spacial score (nSPS) is 22.0. The molecule has 0 aromatic heterocycles. The van der Waals surface area contributed by atoms with E-state index in [1.54, 1.807) is 0 Å². The summed E-state index contributed by atoms with van der Waals surface area (Å²) in [4.78, 5) is 27.9. The minimum absolute atomic E-state index is 0. The highest BCUT2D eigenvalue weighted by molar-refractivity contribution is 5.85. The van der Waals surface area contributed by atoms with Crippen LogP contribution in [-0.2, 0) is 9.59 Å². The molecule has 130 valence electrons. The van der Waals surface area contributed by atoms with Crippen molar-refractivity contribution < 1.29 is 9.59 Å². The van der Waals surface area contributed by atoms with Gasteiger partial charge in [0, 0.05) is 31.7 Å². The highest BCUT2D eigenvalue weighted by atomic mass is 35.5. The van der Waals surface area contributed by atoms with Gasteiger partial charge in [0.15, 0.2) is 0 Å². The summed E-state index contributed by atoms with van der Waals surface area (Å²) in [7, 11) is 0. The van der Waals surface area contributed by atoms with Crippen LogP contribution >= 0.6 is 24.8 Å². The lowest BCUT2D eigenvalue weighted by atomic mass is 10.1. The summed E-state index contributed by atoms with van der Waals surface area (Å²) in [5.41, 5.74) is -0.190. The molecule has 2 amide bonds. The number of rotatable bonds is 3. The lowest BCUT2D eigenvalue weighted by Crippen LogP contribution is -2.59. The molecule has 6 nitrogen and oxygen atoms in total. The largest absolute Gasteiger partial charge is 0.350 e. The summed E-state index contributed by atoms with van der Waals surface area (Å²) in [5, 5.41) is 6.11. The van der Waals surface area contributed by atoms with Crippen LogP contribution in [-0.4, -0.2) is 72.5 Å². The van der Waals surface area contributed by atoms with Gasteiger partial charge in [-0.25, -0.2) is 0 Å². The molecule has 0 saturated carbocycles. The first kappa shape index (κ1) is 21.4. The Morgan fingerprint density at radius 1 is 1.14 bits per heavy atom. The van der Waals surface area contributed by atoms with Gasteiger partial charge in [0.25, 0.3) is 0 Å². The van der Waals surface area contributed by atoms with Crippen molar-refractivity contribution in [3.05, 3.63) is 0 Å². The minimum Gasteiger partial charge on any atom is -0.350 e. The second-order valence-corrected chi connectivity index (χ2v) is 6.69. The Kier molecular flexibility index (Phi) is 8.69. The van der Waals surface area contributed by atoms with Gasteiger partial charge in [-0.15, -0.1) is 24.8 Å². The summed E-state index contributed by atoms with van der Waals surface area (Å²) >= 11 is 0. The number of hydrogen-bond acceptors (Lipinski definition) is 4. The van der Waals surface area contributed by atoms with Crippen molar-refractivity contribution in [1.29, 1.82) is 0 Å².